The van der Waals surface area contributed by atoms with E-state index >= 15 is 0 Å². The van der Waals surface area contributed by atoms with Crippen LogP contribution in [0.2, 0.25) is 0 Å². The fraction of sp³-hybridized carbons (Fsp3) is 0.0588. The lowest BCUT2D eigenvalue weighted by molar-refractivity contribution is -0.159. The van der Waals surface area contributed by atoms with Gasteiger partial charge < -0.3 is 9.84 Å². The van der Waals surface area contributed by atoms with Crippen molar-refractivity contribution < 1.29 is 31.3 Å². The van der Waals surface area contributed by atoms with Crippen LogP contribution < -0.4 is 5.32 Å². The third-order valence-electron chi connectivity index (χ3n) is 3.47. The number of hydrogen-bond donors (Lipinski definition) is 1. The molecule has 0 radical (unpaired) electrons. The van der Waals surface area contributed by atoms with Crippen LogP contribution in [0.15, 0.2) is 40.9 Å². The first-order chi connectivity index (χ1) is 13.2. The van der Waals surface area contributed by atoms with Gasteiger partial charge in [0.2, 0.25) is 5.82 Å². The molecule has 1 amide bonds. The van der Waals surface area contributed by atoms with Crippen LogP contribution in [0.5, 0.6) is 0 Å². The van der Waals surface area contributed by atoms with Crippen LogP contribution in [0, 0.1) is 23.0 Å². The van der Waals surface area contributed by atoms with Crippen molar-refractivity contribution in [2.24, 2.45) is 0 Å². The Bertz CT molecular complexity index is 1060. The van der Waals surface area contributed by atoms with E-state index in [9.17, 15) is 26.7 Å². The molecule has 0 spiro atoms. The Labute approximate surface area is 153 Å². The summed E-state index contributed by atoms with van der Waals surface area (Å²) >= 11 is 0. The maximum Gasteiger partial charge on any atom is 0.471 e. The lowest BCUT2D eigenvalue weighted by atomic mass is 10.1. The van der Waals surface area contributed by atoms with Gasteiger partial charge in [-0.25, -0.2) is 8.78 Å². The van der Waals surface area contributed by atoms with E-state index in [1.807, 2.05) is 0 Å². The molecule has 28 heavy (non-hydrogen) atoms. The molecular weight excluding hydrogens is 387 g/mol. The Morgan fingerprint density at radius 1 is 1.11 bits per heavy atom. The van der Waals surface area contributed by atoms with Crippen molar-refractivity contribution in [2.45, 2.75) is 6.18 Å². The number of alkyl halides is 3. The highest BCUT2D eigenvalue weighted by molar-refractivity contribution is 6.04. The summed E-state index contributed by atoms with van der Waals surface area (Å²) in [5.74, 6) is -5.36. The quantitative estimate of drug-likeness (QED) is 0.674. The zero-order valence-electron chi connectivity index (χ0n) is 13.5. The highest BCUT2D eigenvalue weighted by Gasteiger charge is 2.38. The number of halogens is 5. The molecule has 0 aliphatic rings. The topological polar surface area (TPSA) is 91.8 Å². The van der Waals surface area contributed by atoms with Gasteiger partial charge in [-0.2, -0.15) is 23.4 Å². The minimum atomic E-state index is -4.78. The predicted molar refractivity (Wildman–Crippen MR) is 83.8 cm³/mol. The van der Waals surface area contributed by atoms with Gasteiger partial charge in [-0.1, -0.05) is 5.16 Å². The average molecular weight is 394 g/mol. The van der Waals surface area contributed by atoms with Crippen LogP contribution in [0.3, 0.4) is 0 Å². The average Bonchev–Trinajstić information content (AvgIpc) is 3.12. The number of carbonyl (C=O) groups is 1. The predicted octanol–water partition coefficient (Wildman–Crippen LogP) is 4.16. The molecule has 0 saturated heterocycles. The lowest BCUT2D eigenvalue weighted by Gasteiger charge is -2.08. The van der Waals surface area contributed by atoms with E-state index in [4.69, 9.17) is 5.26 Å². The summed E-state index contributed by atoms with van der Waals surface area (Å²) in [5, 5.41) is 14.1. The number of benzene rings is 2. The molecule has 0 bridgehead atoms. The molecular formula is C17H7F5N4O2. The number of nitrogens with one attached hydrogen (secondary N) is 1. The molecule has 0 fully saturated rings. The summed E-state index contributed by atoms with van der Waals surface area (Å²) in [4.78, 5) is 15.3. The molecule has 0 saturated carbocycles. The molecule has 3 aromatic rings. The Kier molecular flexibility index (Phi) is 4.79. The number of amides is 1. The van der Waals surface area contributed by atoms with Crippen molar-refractivity contribution in [1.82, 2.24) is 10.1 Å². The minimum absolute atomic E-state index is 0.108. The maximum atomic E-state index is 13.9. The van der Waals surface area contributed by atoms with E-state index in [1.54, 1.807) is 6.07 Å². The van der Waals surface area contributed by atoms with Gasteiger partial charge in [0, 0.05) is 11.3 Å². The van der Waals surface area contributed by atoms with E-state index in [-0.39, 0.29) is 22.6 Å². The molecule has 1 heterocycles. The minimum Gasteiger partial charge on any atom is -0.329 e. The number of rotatable bonds is 3. The third-order valence-corrected chi connectivity index (χ3v) is 3.47. The van der Waals surface area contributed by atoms with Crippen LogP contribution in [-0.2, 0) is 6.18 Å². The number of carbonyl (C=O) groups excluding carboxylic acids is 1. The zero-order chi connectivity index (χ0) is 20.5. The van der Waals surface area contributed by atoms with E-state index in [0.29, 0.717) is 0 Å². The molecule has 0 unspecified atom stereocenters. The summed E-state index contributed by atoms with van der Waals surface area (Å²) < 4.78 is 69.3. The Morgan fingerprint density at radius 3 is 2.21 bits per heavy atom. The maximum absolute atomic E-state index is 13.9. The smallest absolute Gasteiger partial charge is 0.329 e. The number of hydrogen-bond acceptors (Lipinski definition) is 5. The van der Waals surface area contributed by atoms with Crippen molar-refractivity contribution in [1.29, 1.82) is 5.26 Å². The van der Waals surface area contributed by atoms with Crippen LogP contribution in [0.1, 0.15) is 21.8 Å². The molecule has 1 aromatic heterocycles. The second-order valence-corrected chi connectivity index (χ2v) is 5.38. The van der Waals surface area contributed by atoms with Crippen molar-refractivity contribution >= 4 is 11.6 Å². The fourth-order valence-electron chi connectivity index (χ4n) is 2.21. The second-order valence-electron chi connectivity index (χ2n) is 5.38. The number of aromatic nitrogens is 2. The summed E-state index contributed by atoms with van der Waals surface area (Å²) in [5.41, 5.74) is -0.894. The largest absolute Gasteiger partial charge is 0.471 e. The van der Waals surface area contributed by atoms with Gasteiger partial charge in [-0.3, -0.25) is 4.79 Å². The molecule has 0 atom stereocenters. The monoisotopic (exact) mass is 394 g/mol. The third kappa shape index (κ3) is 3.80. The molecule has 142 valence electrons. The van der Waals surface area contributed by atoms with Crippen LogP contribution in [-0.4, -0.2) is 16.0 Å². The van der Waals surface area contributed by atoms with Gasteiger partial charge in [-0.15, -0.1) is 0 Å². The lowest BCUT2D eigenvalue weighted by Crippen LogP contribution is -2.16. The summed E-state index contributed by atoms with van der Waals surface area (Å²) in [6, 6.07) is 8.11. The van der Waals surface area contributed by atoms with E-state index in [2.05, 4.69) is 20.0 Å². The number of nitrogens with zero attached hydrogens (tertiary/aromatic N) is 3. The van der Waals surface area contributed by atoms with E-state index < -0.39 is 35.2 Å². The Balaban J connectivity index is 1.79. The second kappa shape index (κ2) is 7.07. The molecule has 1 N–H and O–H groups in total. The highest BCUT2D eigenvalue weighted by atomic mass is 19.4. The van der Waals surface area contributed by atoms with Gasteiger partial charge >= 0.3 is 12.1 Å². The summed E-state index contributed by atoms with van der Waals surface area (Å²) in [7, 11) is 0. The van der Waals surface area contributed by atoms with Crippen molar-refractivity contribution in [3.8, 4) is 17.5 Å². The van der Waals surface area contributed by atoms with Crippen molar-refractivity contribution in [3.63, 3.8) is 0 Å². The Hall–Kier alpha value is -3.81. The molecule has 0 aliphatic heterocycles. The van der Waals surface area contributed by atoms with Gasteiger partial charge in [0.05, 0.1) is 11.6 Å². The zero-order valence-corrected chi connectivity index (χ0v) is 13.5. The first-order valence-electron chi connectivity index (χ1n) is 7.41. The van der Waals surface area contributed by atoms with Gasteiger partial charge in [0.25, 0.3) is 5.91 Å². The Morgan fingerprint density at radius 2 is 1.71 bits per heavy atom. The summed E-state index contributed by atoms with van der Waals surface area (Å²) in [6.07, 6.45) is -4.78. The van der Waals surface area contributed by atoms with Gasteiger partial charge in [0.1, 0.15) is 17.2 Å². The normalized spacial score (nSPS) is 11.1. The van der Waals surface area contributed by atoms with Crippen LogP contribution in [0.25, 0.3) is 11.4 Å². The molecule has 2 aromatic carbocycles. The SMILES string of the molecule is N#Cc1cc(F)c(C(=O)Nc2ccc(-c3noc(C(F)(F)F)n3)cc2)c(F)c1. The fourth-order valence-corrected chi connectivity index (χ4v) is 2.21. The highest BCUT2D eigenvalue weighted by Crippen LogP contribution is 2.29. The molecule has 3 rings (SSSR count). The standard InChI is InChI=1S/C17H7F5N4O2/c18-11-5-8(7-23)6-12(19)13(11)15(27)24-10-3-1-9(2-4-10)14-25-16(28-26-14)17(20,21)22/h1-6H,(H,24,27). The first-order valence-corrected chi connectivity index (χ1v) is 7.41. The summed E-state index contributed by atoms with van der Waals surface area (Å²) in [6.45, 7) is 0. The van der Waals surface area contributed by atoms with E-state index in [0.717, 1.165) is 12.1 Å². The molecule has 0 aliphatic carbocycles. The molecule has 11 heteroatoms. The van der Waals surface area contributed by atoms with Gasteiger partial charge in [-0.05, 0) is 36.4 Å². The van der Waals surface area contributed by atoms with Crippen molar-refractivity contribution in [2.75, 3.05) is 5.32 Å². The van der Waals surface area contributed by atoms with Gasteiger partial charge in [0.15, 0.2) is 0 Å². The van der Waals surface area contributed by atoms with Crippen molar-refractivity contribution in [3.05, 3.63) is 65.1 Å². The first kappa shape index (κ1) is 19.0. The van der Waals surface area contributed by atoms with Crippen LogP contribution in [0.4, 0.5) is 27.6 Å². The van der Waals surface area contributed by atoms with E-state index in [1.165, 1.54) is 24.3 Å². The number of nitriles is 1. The van der Waals surface area contributed by atoms with Crippen LogP contribution >= 0.6 is 0 Å². The number of anilines is 1. The molecule has 6 nitrogen and oxygen atoms in total.